The van der Waals surface area contributed by atoms with Crippen molar-refractivity contribution in [1.82, 2.24) is 0 Å². The van der Waals surface area contributed by atoms with E-state index in [1.165, 1.54) is 17.2 Å². The van der Waals surface area contributed by atoms with Crippen LogP contribution in [-0.4, -0.2) is 54.3 Å². The van der Waals surface area contributed by atoms with Gasteiger partial charge in [-0.05, 0) is 151 Å². The van der Waals surface area contributed by atoms with Crippen LogP contribution >= 0.6 is 0 Å². The molecule has 2 aromatic rings. The van der Waals surface area contributed by atoms with Gasteiger partial charge >= 0.3 is 17.9 Å². The Hall–Kier alpha value is -4.86. The first-order valence-corrected chi connectivity index (χ1v) is 22.3. The molecular weight excluding hydrogens is 773 g/mol. The number of ether oxygens (including phenoxy) is 3. The monoisotopic (exact) mass is 836 g/mol. The van der Waals surface area contributed by atoms with Gasteiger partial charge in [0.25, 0.3) is 6.47 Å². The molecule has 4 aliphatic rings. The molecule has 0 amide bonds. The van der Waals surface area contributed by atoms with E-state index in [1.807, 2.05) is 39.8 Å². The average molecular weight is 837 g/mol. The number of aryl methyl sites for hydroxylation is 2. The van der Waals surface area contributed by atoms with Crippen LogP contribution in [0, 0.1) is 22.7 Å². The minimum Gasteiger partial charge on any atom is -0.478 e. The topological polar surface area (TPSA) is 150 Å². The van der Waals surface area contributed by atoms with Crippen molar-refractivity contribution >= 4 is 35.9 Å². The van der Waals surface area contributed by atoms with E-state index in [-0.39, 0.29) is 77.7 Å². The lowest BCUT2D eigenvalue weighted by Gasteiger charge is -2.54. The Morgan fingerprint density at radius 1 is 0.672 bits per heavy atom. The van der Waals surface area contributed by atoms with Crippen molar-refractivity contribution in [3.63, 3.8) is 0 Å². The molecular formula is C51H64O10. The number of benzene rings is 2. The Balaban J connectivity index is 1.11. The molecule has 0 aromatic heterocycles. The second-order valence-electron chi connectivity index (χ2n) is 19.6. The molecule has 0 bridgehead atoms. The van der Waals surface area contributed by atoms with Gasteiger partial charge in [-0.3, -0.25) is 24.0 Å². The zero-order valence-corrected chi connectivity index (χ0v) is 37.3. The number of carboxylic acids is 1. The summed E-state index contributed by atoms with van der Waals surface area (Å²) in [7, 11) is 0. The van der Waals surface area contributed by atoms with Gasteiger partial charge < -0.3 is 19.3 Å². The van der Waals surface area contributed by atoms with Crippen LogP contribution in [0.4, 0.5) is 0 Å². The first-order chi connectivity index (χ1) is 28.8. The molecule has 4 aliphatic carbocycles. The Morgan fingerprint density at radius 3 is 1.52 bits per heavy atom. The minimum atomic E-state index is -1.17. The molecule has 61 heavy (non-hydrogen) atoms. The fourth-order valence-electron chi connectivity index (χ4n) is 12.1. The summed E-state index contributed by atoms with van der Waals surface area (Å²) in [4.78, 5) is 76.8. The summed E-state index contributed by atoms with van der Waals surface area (Å²) in [6, 6.07) is 8.25. The SMILES string of the molecule is CC(C)c1cc2c(cc1C(=O)C=COC=O)C1(C)CCCC(C)(C(=O)OCCCOC(=O)C3(C)CCCC4(C)c5cc(C(=O)C=CC(=O)O)c(C(C)C)cc5CCC34)C1CC2. The van der Waals surface area contributed by atoms with E-state index in [1.54, 1.807) is 0 Å². The zero-order chi connectivity index (χ0) is 44.5. The van der Waals surface area contributed by atoms with Gasteiger partial charge in [0.15, 0.2) is 11.6 Å². The molecule has 0 heterocycles. The van der Waals surface area contributed by atoms with Crippen molar-refractivity contribution in [2.75, 3.05) is 13.2 Å². The number of carboxylic acid groups (broad SMARTS) is 1. The minimum absolute atomic E-state index is 0.00178. The molecule has 0 spiro atoms. The number of carbonyl (C=O) groups is 6. The summed E-state index contributed by atoms with van der Waals surface area (Å²) in [5.74, 6) is -2.07. The van der Waals surface area contributed by atoms with E-state index < -0.39 is 16.8 Å². The average Bonchev–Trinajstić information content (AvgIpc) is 3.21. The highest BCUT2D eigenvalue weighted by Gasteiger charge is 2.57. The molecule has 10 nitrogen and oxygen atoms in total. The third-order valence-electron chi connectivity index (χ3n) is 15.2. The third-order valence-corrected chi connectivity index (χ3v) is 15.2. The van der Waals surface area contributed by atoms with Gasteiger partial charge in [-0.1, -0.05) is 66.5 Å². The maximum absolute atomic E-state index is 14.1. The summed E-state index contributed by atoms with van der Waals surface area (Å²) in [5.41, 5.74) is 5.29. The van der Waals surface area contributed by atoms with E-state index in [0.29, 0.717) is 30.4 Å². The van der Waals surface area contributed by atoms with Gasteiger partial charge in [0.05, 0.1) is 30.3 Å². The van der Waals surface area contributed by atoms with Gasteiger partial charge in [0.2, 0.25) is 0 Å². The van der Waals surface area contributed by atoms with Crippen LogP contribution in [0.15, 0.2) is 48.8 Å². The maximum Gasteiger partial charge on any atom is 0.328 e. The summed E-state index contributed by atoms with van der Waals surface area (Å²) in [6.45, 7) is 17.2. The summed E-state index contributed by atoms with van der Waals surface area (Å²) in [5, 5.41) is 9.18. The lowest BCUT2D eigenvalue weighted by Crippen LogP contribution is -2.53. The van der Waals surface area contributed by atoms with E-state index in [9.17, 15) is 33.9 Å². The van der Waals surface area contributed by atoms with Gasteiger partial charge in [0.1, 0.15) is 0 Å². The first-order valence-electron chi connectivity index (χ1n) is 22.3. The van der Waals surface area contributed by atoms with Crippen LogP contribution in [-0.2, 0) is 57.1 Å². The van der Waals surface area contributed by atoms with Crippen LogP contribution in [0.25, 0.3) is 0 Å². The molecule has 2 aromatic carbocycles. The van der Waals surface area contributed by atoms with Crippen LogP contribution < -0.4 is 0 Å². The molecule has 1 N–H and O–H groups in total. The van der Waals surface area contributed by atoms with Crippen LogP contribution in [0.5, 0.6) is 0 Å². The Kier molecular flexibility index (Phi) is 13.4. The van der Waals surface area contributed by atoms with E-state index in [0.717, 1.165) is 92.0 Å². The summed E-state index contributed by atoms with van der Waals surface area (Å²) >= 11 is 0. The van der Waals surface area contributed by atoms with Crippen molar-refractivity contribution in [3.8, 4) is 0 Å². The second kappa shape index (κ2) is 17.9. The Labute approximate surface area is 360 Å². The van der Waals surface area contributed by atoms with Crippen molar-refractivity contribution < 1.29 is 48.1 Å². The number of esters is 2. The number of allylic oxidation sites excluding steroid dienone is 2. The lowest BCUT2D eigenvalue weighted by atomic mass is 9.49. The number of rotatable bonds is 15. The molecule has 0 saturated heterocycles. The van der Waals surface area contributed by atoms with Crippen LogP contribution in [0.3, 0.4) is 0 Å². The largest absolute Gasteiger partial charge is 0.478 e. The van der Waals surface area contributed by atoms with Crippen molar-refractivity contribution in [2.24, 2.45) is 22.7 Å². The van der Waals surface area contributed by atoms with E-state index in [2.05, 4.69) is 44.6 Å². The molecule has 6 rings (SSSR count). The predicted octanol–water partition coefficient (Wildman–Crippen LogP) is 9.82. The lowest BCUT2D eigenvalue weighted by molar-refractivity contribution is -0.167. The van der Waals surface area contributed by atoms with Crippen molar-refractivity contribution in [1.29, 1.82) is 0 Å². The molecule has 6 atom stereocenters. The maximum atomic E-state index is 14.1. The number of ketones is 2. The predicted molar refractivity (Wildman–Crippen MR) is 232 cm³/mol. The number of hydrogen-bond acceptors (Lipinski definition) is 9. The number of aliphatic carboxylic acids is 1. The highest BCUT2D eigenvalue weighted by molar-refractivity contribution is 6.08. The van der Waals surface area contributed by atoms with Crippen molar-refractivity contribution in [3.05, 3.63) is 93.3 Å². The molecule has 0 aliphatic heterocycles. The fourth-order valence-corrected chi connectivity index (χ4v) is 12.1. The number of carbonyl (C=O) groups excluding carboxylic acids is 5. The first kappa shape index (κ1) is 45.7. The number of fused-ring (bicyclic) bond motifs is 6. The fraction of sp³-hybridized carbons (Fsp3) is 0.569. The van der Waals surface area contributed by atoms with Crippen LogP contribution in [0.2, 0.25) is 0 Å². The Morgan fingerprint density at radius 2 is 1.11 bits per heavy atom. The van der Waals surface area contributed by atoms with Gasteiger partial charge in [-0.15, -0.1) is 0 Å². The van der Waals surface area contributed by atoms with Gasteiger partial charge in [-0.25, -0.2) is 4.79 Å². The highest BCUT2D eigenvalue weighted by Crippen LogP contribution is 2.59. The highest BCUT2D eigenvalue weighted by atomic mass is 16.5. The van der Waals surface area contributed by atoms with Crippen molar-refractivity contribution in [2.45, 2.75) is 149 Å². The zero-order valence-electron chi connectivity index (χ0n) is 37.3. The molecule has 0 radical (unpaired) electrons. The quantitative estimate of drug-likeness (QED) is 0.0349. The normalized spacial score (nSPS) is 28.1. The van der Waals surface area contributed by atoms with Crippen LogP contribution in [0.1, 0.15) is 179 Å². The summed E-state index contributed by atoms with van der Waals surface area (Å²) < 4.78 is 16.7. The third kappa shape index (κ3) is 8.53. The van der Waals surface area contributed by atoms with Gasteiger partial charge in [0, 0.05) is 29.7 Å². The Bertz CT molecular complexity index is 2140. The molecule has 2 saturated carbocycles. The van der Waals surface area contributed by atoms with E-state index >= 15 is 0 Å². The molecule has 6 unspecified atom stereocenters. The standard InChI is InChI=1S/C51H64O10/c1-31(2)35-26-33-12-15-43-48(5,39(33)28-37(35)41(53)14-17-45(55)56)19-9-21-50(43,7)46(57)60-23-11-24-61-47(58)51(8)22-10-20-49(6)40-29-38(42(54)18-25-59-30-52)36(32(3)4)27-34(40)13-16-44(49)51/h14,17-18,25-32,43-44H,9-13,15-16,19-24H2,1-8H3,(H,55,56). The second-order valence-corrected chi connectivity index (χ2v) is 19.6. The molecule has 2 fully saturated rings. The van der Waals surface area contributed by atoms with E-state index in [4.69, 9.17) is 9.47 Å². The molecule has 328 valence electrons. The molecule has 10 heteroatoms. The van der Waals surface area contributed by atoms with Gasteiger partial charge in [-0.2, -0.15) is 0 Å². The smallest absolute Gasteiger partial charge is 0.328 e. The summed E-state index contributed by atoms with van der Waals surface area (Å²) in [6.07, 6.45) is 12.7. The number of hydrogen-bond donors (Lipinski definition) is 1.